The van der Waals surface area contributed by atoms with Crippen LogP contribution in [0.5, 0.6) is 0 Å². The van der Waals surface area contributed by atoms with Crippen LogP contribution in [0.15, 0.2) is 38.4 Å². The van der Waals surface area contributed by atoms with Gasteiger partial charge in [-0.25, -0.2) is 0 Å². The highest BCUT2D eigenvalue weighted by Gasteiger charge is 2.18. The summed E-state index contributed by atoms with van der Waals surface area (Å²) < 4.78 is 12.1. The van der Waals surface area contributed by atoms with Crippen LogP contribution in [0.3, 0.4) is 0 Å². The van der Waals surface area contributed by atoms with E-state index in [1.807, 2.05) is 24.3 Å². The molecule has 0 saturated heterocycles. The van der Waals surface area contributed by atoms with Gasteiger partial charge in [-0.2, -0.15) is 4.98 Å². The third kappa shape index (κ3) is 3.62. The Kier molecular flexibility index (Phi) is 4.97. The van der Waals surface area contributed by atoms with Crippen LogP contribution in [-0.2, 0) is 12.2 Å². The number of hydrogen-bond donors (Lipinski definition) is 0. The van der Waals surface area contributed by atoms with Gasteiger partial charge < -0.3 is 8.94 Å². The number of rotatable bonds is 6. The lowest BCUT2D eigenvalue weighted by atomic mass is 10.1. The predicted molar refractivity (Wildman–Crippen MR) is 103 cm³/mol. The van der Waals surface area contributed by atoms with Gasteiger partial charge in [0.15, 0.2) is 5.82 Å². The second-order valence-corrected chi connectivity index (χ2v) is 8.46. The molecule has 134 valence electrons. The molecule has 3 heterocycles. The topological polar surface area (TPSA) is 77.8 Å². The van der Waals surface area contributed by atoms with Crippen LogP contribution in [0.1, 0.15) is 25.6 Å². The highest BCUT2D eigenvalue weighted by Crippen LogP contribution is 2.41. The maximum absolute atomic E-state index is 6.46. The highest BCUT2D eigenvalue weighted by atomic mass is 35.5. The summed E-state index contributed by atoms with van der Waals surface area (Å²) in [5.74, 6) is 2.65. The lowest BCUT2D eigenvalue weighted by Gasteiger charge is -1.95. The van der Waals surface area contributed by atoms with E-state index in [0.29, 0.717) is 33.7 Å². The number of nitrogens with zero attached hydrogens (tertiary/aromatic N) is 4. The Morgan fingerprint density at radius 1 is 1.23 bits per heavy atom. The first-order valence-corrected chi connectivity index (χ1v) is 10.2. The number of thiophene rings is 1. The van der Waals surface area contributed by atoms with Crippen LogP contribution in [0.25, 0.3) is 20.9 Å². The SMILES string of the molecule is CC(C)Cc1noc(CSc2nnc(-c3sc4ccccc4c3Cl)o2)n1. The smallest absolute Gasteiger partial charge is 0.277 e. The first kappa shape index (κ1) is 17.5. The van der Waals surface area contributed by atoms with Gasteiger partial charge in [-0.15, -0.1) is 21.5 Å². The number of thioether (sulfide) groups is 1. The average Bonchev–Trinajstić information content (AvgIpc) is 3.32. The lowest BCUT2D eigenvalue weighted by Crippen LogP contribution is -1.96. The molecule has 0 saturated carbocycles. The van der Waals surface area contributed by atoms with Gasteiger partial charge in [-0.05, 0) is 12.0 Å². The molecule has 0 atom stereocenters. The lowest BCUT2D eigenvalue weighted by molar-refractivity contribution is 0.381. The van der Waals surface area contributed by atoms with Gasteiger partial charge in [0.25, 0.3) is 11.1 Å². The molecule has 0 radical (unpaired) electrons. The zero-order chi connectivity index (χ0) is 18.1. The maximum Gasteiger partial charge on any atom is 0.277 e. The largest absolute Gasteiger partial charge is 0.410 e. The predicted octanol–water partition coefficient (Wildman–Crippen LogP) is 5.48. The van der Waals surface area contributed by atoms with Crippen molar-refractivity contribution in [2.75, 3.05) is 0 Å². The van der Waals surface area contributed by atoms with E-state index in [0.717, 1.165) is 27.2 Å². The zero-order valence-corrected chi connectivity index (χ0v) is 16.5. The van der Waals surface area contributed by atoms with Gasteiger partial charge in [0.1, 0.15) is 4.88 Å². The summed E-state index contributed by atoms with van der Waals surface area (Å²) in [5.41, 5.74) is 0. The second-order valence-electron chi connectivity index (χ2n) is 6.11. The van der Waals surface area contributed by atoms with E-state index in [1.165, 1.54) is 23.1 Å². The van der Waals surface area contributed by atoms with Gasteiger partial charge in [0, 0.05) is 16.5 Å². The molecular formula is C17H15ClN4O2S2. The van der Waals surface area contributed by atoms with Crippen LogP contribution in [0, 0.1) is 5.92 Å². The van der Waals surface area contributed by atoms with Crippen molar-refractivity contribution >= 4 is 44.8 Å². The Bertz CT molecular complexity index is 1040. The molecule has 26 heavy (non-hydrogen) atoms. The van der Waals surface area contributed by atoms with E-state index < -0.39 is 0 Å². The zero-order valence-electron chi connectivity index (χ0n) is 14.1. The molecule has 0 aliphatic rings. The monoisotopic (exact) mass is 406 g/mol. The van der Waals surface area contributed by atoms with Crippen LogP contribution in [-0.4, -0.2) is 20.3 Å². The van der Waals surface area contributed by atoms with E-state index in [-0.39, 0.29) is 0 Å². The number of hydrogen-bond acceptors (Lipinski definition) is 8. The Balaban J connectivity index is 1.47. The second kappa shape index (κ2) is 7.38. The summed E-state index contributed by atoms with van der Waals surface area (Å²) in [6, 6.07) is 7.93. The highest BCUT2D eigenvalue weighted by molar-refractivity contribution is 7.98. The maximum atomic E-state index is 6.46. The Morgan fingerprint density at radius 3 is 2.88 bits per heavy atom. The summed E-state index contributed by atoms with van der Waals surface area (Å²) in [7, 11) is 0. The van der Waals surface area contributed by atoms with Crippen LogP contribution >= 0.6 is 34.7 Å². The molecule has 0 unspecified atom stereocenters. The van der Waals surface area contributed by atoms with Crippen LogP contribution < -0.4 is 0 Å². The van der Waals surface area contributed by atoms with Crippen molar-refractivity contribution in [1.82, 2.24) is 20.3 Å². The van der Waals surface area contributed by atoms with Crippen molar-refractivity contribution in [3.63, 3.8) is 0 Å². The molecule has 0 spiro atoms. The molecule has 3 aromatic heterocycles. The van der Waals surface area contributed by atoms with Gasteiger partial charge in [0.05, 0.1) is 10.8 Å². The number of fused-ring (bicyclic) bond motifs is 1. The van der Waals surface area contributed by atoms with E-state index >= 15 is 0 Å². The summed E-state index contributed by atoms with van der Waals surface area (Å²) in [6.07, 6.45) is 0.795. The minimum Gasteiger partial charge on any atom is -0.410 e. The fourth-order valence-electron chi connectivity index (χ4n) is 2.43. The molecule has 4 aromatic rings. The van der Waals surface area contributed by atoms with Crippen molar-refractivity contribution in [2.45, 2.75) is 31.2 Å². The van der Waals surface area contributed by atoms with Gasteiger partial charge in [0.2, 0.25) is 5.89 Å². The molecule has 0 aliphatic carbocycles. The molecule has 0 N–H and O–H groups in total. The summed E-state index contributed by atoms with van der Waals surface area (Å²) in [4.78, 5) is 5.15. The Hall–Kier alpha value is -1.90. The van der Waals surface area contributed by atoms with Gasteiger partial charge in [-0.3, -0.25) is 0 Å². The first-order chi connectivity index (χ1) is 12.6. The fraction of sp³-hybridized carbons (Fsp3) is 0.294. The third-order valence-electron chi connectivity index (χ3n) is 3.56. The quantitative estimate of drug-likeness (QED) is 0.392. The molecule has 0 amide bonds. The number of halogens is 1. The van der Waals surface area contributed by atoms with Crippen molar-refractivity contribution in [1.29, 1.82) is 0 Å². The summed E-state index contributed by atoms with van der Waals surface area (Å²) in [6.45, 7) is 4.23. The first-order valence-electron chi connectivity index (χ1n) is 8.05. The number of aromatic nitrogens is 4. The molecule has 0 aliphatic heterocycles. The minimum absolute atomic E-state index is 0.421. The average molecular weight is 407 g/mol. The van der Waals surface area contributed by atoms with E-state index in [4.69, 9.17) is 20.5 Å². The van der Waals surface area contributed by atoms with E-state index in [1.54, 1.807) is 0 Å². The number of benzene rings is 1. The van der Waals surface area contributed by atoms with Gasteiger partial charge >= 0.3 is 0 Å². The molecule has 6 nitrogen and oxygen atoms in total. The molecule has 4 rings (SSSR count). The van der Waals surface area contributed by atoms with Gasteiger partial charge in [-0.1, -0.05) is 60.6 Å². The summed E-state index contributed by atoms with van der Waals surface area (Å²) >= 11 is 9.36. The summed E-state index contributed by atoms with van der Waals surface area (Å²) in [5, 5.41) is 14.2. The van der Waals surface area contributed by atoms with Crippen molar-refractivity contribution in [3.05, 3.63) is 41.0 Å². The third-order valence-corrected chi connectivity index (χ3v) is 6.02. The van der Waals surface area contributed by atoms with Crippen LogP contribution in [0.2, 0.25) is 5.02 Å². The van der Waals surface area contributed by atoms with E-state index in [2.05, 4.69) is 34.2 Å². The Morgan fingerprint density at radius 2 is 2.08 bits per heavy atom. The van der Waals surface area contributed by atoms with Crippen molar-refractivity contribution < 1.29 is 8.94 Å². The van der Waals surface area contributed by atoms with E-state index in [9.17, 15) is 0 Å². The fourth-order valence-corrected chi connectivity index (χ4v) is 4.47. The van der Waals surface area contributed by atoms with Crippen molar-refractivity contribution in [3.8, 4) is 10.8 Å². The molecule has 1 aromatic carbocycles. The Labute approximate surface area is 163 Å². The standard InChI is InChI=1S/C17H15ClN4O2S2/c1-9(2)7-12-19-13(24-22-12)8-25-17-21-20-16(23-17)15-14(18)10-5-3-4-6-11(10)26-15/h3-6,9H,7-8H2,1-2H3. The molecule has 9 heteroatoms. The molecule has 0 fully saturated rings. The molecular weight excluding hydrogens is 392 g/mol. The minimum atomic E-state index is 0.421. The normalized spacial score (nSPS) is 11.7. The molecule has 0 bridgehead atoms. The van der Waals surface area contributed by atoms with Crippen LogP contribution in [0.4, 0.5) is 0 Å². The van der Waals surface area contributed by atoms with Crippen molar-refractivity contribution in [2.24, 2.45) is 5.92 Å².